The Morgan fingerprint density at radius 3 is 2.55 bits per heavy atom. The van der Waals surface area contributed by atoms with Crippen molar-refractivity contribution in [1.29, 1.82) is 0 Å². The van der Waals surface area contributed by atoms with E-state index in [1.807, 2.05) is 0 Å². The normalized spacial score (nSPS) is 19.5. The first kappa shape index (κ1) is 28.7. The third kappa shape index (κ3) is 4.89. The van der Waals surface area contributed by atoms with Crippen LogP contribution >= 0.6 is 0 Å². The number of nitrogen functional groups attached to an aromatic ring is 1. The molecule has 0 bridgehead atoms. The monoisotopic (exact) mass is 566 g/mol. The molecule has 0 aliphatic carbocycles. The highest BCUT2D eigenvalue weighted by Gasteiger charge is 2.58. The Bertz CT molecular complexity index is 1500. The zero-order chi connectivity index (χ0) is 29.6. The van der Waals surface area contributed by atoms with Crippen LogP contribution in [0.4, 0.5) is 23.4 Å². The zero-order valence-corrected chi connectivity index (χ0v) is 21.8. The van der Waals surface area contributed by atoms with Crippen molar-refractivity contribution in [3.63, 3.8) is 0 Å². The first-order chi connectivity index (χ1) is 18.7. The van der Waals surface area contributed by atoms with Gasteiger partial charge in [0.2, 0.25) is 11.5 Å². The first-order valence-corrected chi connectivity index (χ1v) is 11.8. The van der Waals surface area contributed by atoms with Crippen LogP contribution in [0.3, 0.4) is 0 Å². The van der Waals surface area contributed by atoms with Crippen molar-refractivity contribution in [2.24, 2.45) is 4.99 Å². The molecule has 1 aliphatic heterocycles. The van der Waals surface area contributed by atoms with Gasteiger partial charge in [0.1, 0.15) is 23.6 Å². The second-order valence-corrected chi connectivity index (χ2v) is 9.31. The zero-order valence-electron chi connectivity index (χ0n) is 21.8. The van der Waals surface area contributed by atoms with Gasteiger partial charge in [-0.3, -0.25) is 14.6 Å². The number of anilines is 1. The average molecular weight is 567 g/mol. The summed E-state index contributed by atoms with van der Waals surface area (Å²) in [6, 6.07) is 1.80. The molecule has 1 aliphatic rings. The Labute approximate surface area is 224 Å². The van der Waals surface area contributed by atoms with E-state index in [1.165, 1.54) is 30.2 Å². The number of aliphatic imine (C=N–C) groups is 1. The second kappa shape index (κ2) is 10.3. The number of carbonyl (C=O) groups is 2. The topological polar surface area (TPSA) is 160 Å². The van der Waals surface area contributed by atoms with E-state index in [0.717, 1.165) is 0 Å². The summed E-state index contributed by atoms with van der Waals surface area (Å²) in [5, 5.41) is 16.3. The molecule has 1 fully saturated rings. The van der Waals surface area contributed by atoms with Crippen LogP contribution in [-0.4, -0.2) is 98.4 Å². The highest BCUT2D eigenvalue weighted by molar-refractivity contribution is 6.08. The van der Waals surface area contributed by atoms with Gasteiger partial charge in [-0.15, -0.1) is 0 Å². The number of methoxy groups -OCH3 is 1. The molecule has 3 aromatic rings. The van der Waals surface area contributed by atoms with Crippen LogP contribution in [0.1, 0.15) is 29.8 Å². The number of nitrogens with zero attached hydrogens (tertiary/aromatic N) is 6. The number of hydrogen-bond donors (Lipinski definition) is 3. The summed E-state index contributed by atoms with van der Waals surface area (Å²) in [6.45, 7) is 0.725. The number of hydrogen-bond acceptors (Lipinski definition) is 9. The van der Waals surface area contributed by atoms with E-state index in [4.69, 9.17) is 10.5 Å². The molecule has 0 radical (unpaired) electrons. The number of ether oxygens (including phenoxy) is 1. The predicted molar refractivity (Wildman–Crippen MR) is 135 cm³/mol. The Morgan fingerprint density at radius 2 is 1.93 bits per heavy atom. The summed E-state index contributed by atoms with van der Waals surface area (Å²) in [6.07, 6.45) is -4.49. The SMILES string of the molecule is CN=C(C)c1cc(-c2cnc(OC)c(C(=O)N[C@@H]3CN(C(=O)[C@@](C)(O)C(F)(F)F)C[C@@H]3F)c2)n2ncnc(N)c12. The number of halogens is 4. The summed E-state index contributed by atoms with van der Waals surface area (Å²) in [5.74, 6) is -2.48. The van der Waals surface area contributed by atoms with Crippen molar-refractivity contribution < 1.29 is 37.0 Å². The van der Waals surface area contributed by atoms with Crippen LogP contribution in [0.15, 0.2) is 29.6 Å². The molecule has 12 nitrogen and oxygen atoms in total. The first-order valence-electron chi connectivity index (χ1n) is 11.8. The number of amides is 2. The van der Waals surface area contributed by atoms with E-state index < -0.39 is 48.9 Å². The molecule has 214 valence electrons. The molecular formula is C24H26F4N8O4. The molecule has 4 heterocycles. The number of alkyl halides is 4. The molecule has 3 atom stereocenters. The van der Waals surface area contributed by atoms with Gasteiger partial charge in [-0.2, -0.15) is 18.3 Å². The minimum absolute atomic E-state index is 0.107. The number of fused-ring (bicyclic) bond motifs is 1. The largest absolute Gasteiger partial charge is 0.480 e. The maximum Gasteiger partial charge on any atom is 0.426 e. The fourth-order valence-corrected chi connectivity index (χ4v) is 4.33. The van der Waals surface area contributed by atoms with Crippen LogP contribution < -0.4 is 15.8 Å². The molecule has 0 saturated carbocycles. The van der Waals surface area contributed by atoms with Crippen molar-refractivity contribution in [2.75, 3.05) is 33.0 Å². The number of nitrogens with one attached hydrogen (secondary N) is 1. The molecule has 0 aromatic carbocycles. The number of aromatic nitrogens is 4. The van der Waals surface area contributed by atoms with Gasteiger partial charge in [-0.05, 0) is 26.0 Å². The molecule has 16 heteroatoms. The van der Waals surface area contributed by atoms with E-state index in [9.17, 15) is 32.3 Å². The Morgan fingerprint density at radius 1 is 1.23 bits per heavy atom. The van der Waals surface area contributed by atoms with Crippen LogP contribution in [0.5, 0.6) is 5.88 Å². The number of pyridine rings is 1. The van der Waals surface area contributed by atoms with Gasteiger partial charge in [0.05, 0.1) is 25.4 Å². The minimum Gasteiger partial charge on any atom is -0.480 e. The van der Waals surface area contributed by atoms with Gasteiger partial charge >= 0.3 is 6.18 Å². The maximum absolute atomic E-state index is 14.8. The smallest absolute Gasteiger partial charge is 0.426 e. The molecule has 4 N–H and O–H groups in total. The van der Waals surface area contributed by atoms with E-state index in [0.29, 0.717) is 39.9 Å². The number of likely N-dealkylation sites (tertiary alicyclic amines) is 1. The molecule has 3 aromatic heterocycles. The lowest BCUT2D eigenvalue weighted by molar-refractivity contribution is -0.249. The van der Waals surface area contributed by atoms with E-state index in [2.05, 4.69) is 25.4 Å². The summed E-state index contributed by atoms with van der Waals surface area (Å²) >= 11 is 0. The molecule has 0 unspecified atom stereocenters. The minimum atomic E-state index is -5.27. The molecule has 0 spiro atoms. The van der Waals surface area contributed by atoms with E-state index in [-0.39, 0.29) is 17.3 Å². The van der Waals surface area contributed by atoms with Gasteiger partial charge < -0.3 is 25.8 Å². The molecule has 1 saturated heterocycles. The molecule has 4 rings (SSSR count). The fourth-order valence-electron chi connectivity index (χ4n) is 4.33. The van der Waals surface area contributed by atoms with Crippen molar-refractivity contribution >= 4 is 28.9 Å². The summed E-state index contributed by atoms with van der Waals surface area (Å²) < 4.78 is 60.8. The van der Waals surface area contributed by atoms with Gasteiger partial charge in [0, 0.05) is 36.6 Å². The number of rotatable bonds is 6. The summed E-state index contributed by atoms with van der Waals surface area (Å²) in [7, 11) is 2.88. The fraction of sp³-hybridized carbons (Fsp3) is 0.417. The second-order valence-electron chi connectivity index (χ2n) is 9.31. The average Bonchev–Trinajstić information content (AvgIpc) is 3.48. The number of nitrogens with two attached hydrogens (primary N) is 1. The summed E-state index contributed by atoms with van der Waals surface area (Å²) in [4.78, 5) is 38.4. The number of carbonyl (C=O) groups excluding carboxylic acids is 2. The van der Waals surface area contributed by atoms with Crippen LogP contribution in [0.25, 0.3) is 16.8 Å². The predicted octanol–water partition coefficient (Wildman–Crippen LogP) is 1.41. The van der Waals surface area contributed by atoms with Gasteiger partial charge in [-0.25, -0.2) is 18.9 Å². The lowest BCUT2D eigenvalue weighted by Gasteiger charge is -2.29. The third-order valence-corrected chi connectivity index (χ3v) is 6.71. The van der Waals surface area contributed by atoms with Crippen LogP contribution in [0.2, 0.25) is 0 Å². The van der Waals surface area contributed by atoms with E-state index in [1.54, 1.807) is 20.0 Å². The third-order valence-electron chi connectivity index (χ3n) is 6.71. The standard InChI is InChI=1S/C24H26F4N8O4/c1-11(30-3)13-6-17(36-18(13)19(29)32-10-33-36)12-5-14(21(40-4)31-7-12)20(37)34-16-9-35(8-15(16)25)22(38)23(2,39)24(26,27)28/h5-7,10,15-16,39H,8-9H2,1-4H3,(H,34,37)(H2,29,32,33)/t15-,16+,23+/m0/s1. The Hall–Kier alpha value is -4.34. The van der Waals surface area contributed by atoms with Crippen LogP contribution in [0, 0.1) is 0 Å². The lowest BCUT2D eigenvalue weighted by atomic mass is 10.1. The Balaban J connectivity index is 1.65. The van der Waals surface area contributed by atoms with Crippen molar-refractivity contribution in [3.8, 4) is 17.1 Å². The molecular weight excluding hydrogens is 540 g/mol. The lowest BCUT2D eigenvalue weighted by Crippen LogP contribution is -2.56. The van der Waals surface area contributed by atoms with Crippen molar-refractivity contribution in [1.82, 2.24) is 29.8 Å². The highest BCUT2D eigenvalue weighted by Crippen LogP contribution is 2.33. The highest BCUT2D eigenvalue weighted by atomic mass is 19.4. The van der Waals surface area contributed by atoms with Gasteiger partial charge in [0.25, 0.3) is 11.8 Å². The van der Waals surface area contributed by atoms with Gasteiger partial charge in [0.15, 0.2) is 5.82 Å². The maximum atomic E-state index is 14.8. The quantitative estimate of drug-likeness (QED) is 0.298. The van der Waals surface area contributed by atoms with Gasteiger partial charge in [-0.1, -0.05) is 0 Å². The summed E-state index contributed by atoms with van der Waals surface area (Å²) in [5.41, 5.74) is 4.90. The number of aliphatic hydroxyl groups is 1. The van der Waals surface area contributed by atoms with Crippen LogP contribution in [-0.2, 0) is 4.79 Å². The molecule has 2 amide bonds. The van der Waals surface area contributed by atoms with Crippen molar-refractivity contribution in [2.45, 2.75) is 37.8 Å². The van der Waals surface area contributed by atoms with Crippen molar-refractivity contribution in [3.05, 3.63) is 35.8 Å². The Kier molecular flexibility index (Phi) is 7.40. The van der Waals surface area contributed by atoms with E-state index >= 15 is 0 Å². The molecule has 40 heavy (non-hydrogen) atoms.